The summed E-state index contributed by atoms with van der Waals surface area (Å²) in [4.78, 5) is 9.94. The Morgan fingerprint density at radius 2 is 1.24 bits per heavy atom. The minimum Gasteiger partial charge on any atom is -0.491 e. The third-order valence-electron chi connectivity index (χ3n) is 10.1. The monoisotopic (exact) mass is 879 g/mol. The Bertz CT molecular complexity index is 2790. The largest absolute Gasteiger partial charge is 0.491 e. The highest BCUT2D eigenvalue weighted by molar-refractivity contribution is 7.90. The molecule has 4 heterocycles. The van der Waals surface area contributed by atoms with E-state index in [9.17, 15) is 18.6 Å². The highest BCUT2D eigenvalue weighted by Crippen LogP contribution is 2.34. The lowest BCUT2D eigenvalue weighted by molar-refractivity contribution is 0.114. The molecule has 332 valence electrons. The minimum absolute atomic E-state index is 0.00687. The molecule has 0 aliphatic carbocycles. The van der Waals surface area contributed by atoms with Crippen LogP contribution in [0.25, 0.3) is 44.6 Å². The molecule has 18 nitrogen and oxygen atoms in total. The van der Waals surface area contributed by atoms with Crippen molar-refractivity contribution in [1.82, 2.24) is 33.8 Å². The number of nitrogens with one attached hydrogen (secondary N) is 2. The Labute approximate surface area is 365 Å². The predicted octanol–water partition coefficient (Wildman–Crippen LogP) is 4.92. The van der Waals surface area contributed by atoms with Crippen LogP contribution in [0.3, 0.4) is 0 Å². The number of nitrogens with two attached hydrogens (primary N) is 2. The smallest absolute Gasteiger partial charge is 0.301 e. The third-order valence-corrected chi connectivity index (χ3v) is 11.5. The van der Waals surface area contributed by atoms with Crippen LogP contribution in [0.15, 0.2) is 97.3 Å². The summed E-state index contributed by atoms with van der Waals surface area (Å²) in [6.45, 7) is 6.61. The molecule has 7 aromatic rings. The van der Waals surface area contributed by atoms with Crippen molar-refractivity contribution < 1.29 is 32.8 Å². The second-order valence-corrected chi connectivity index (χ2v) is 17.3. The van der Waals surface area contributed by atoms with Crippen LogP contribution in [0.5, 0.6) is 17.2 Å². The molecular weight excluding hydrogens is 827 g/mol. The molecule has 0 bridgehead atoms. The molecule has 19 heteroatoms. The molecule has 4 aromatic heterocycles. The first-order valence-electron chi connectivity index (χ1n) is 20.4. The molecule has 3 aromatic carbocycles. The number of pyridine rings is 2. The lowest BCUT2D eigenvalue weighted by Crippen LogP contribution is -2.29. The van der Waals surface area contributed by atoms with Gasteiger partial charge in [-0.15, -0.1) is 0 Å². The number of nitrogens with zero attached hydrogens (tertiary/aromatic N) is 7. The number of aliphatic hydroxyl groups is 2. The lowest BCUT2D eigenvalue weighted by Gasteiger charge is -2.18. The van der Waals surface area contributed by atoms with Crippen molar-refractivity contribution >= 4 is 43.7 Å². The van der Waals surface area contributed by atoms with Crippen LogP contribution in [-0.2, 0) is 16.8 Å². The molecule has 3 atom stereocenters. The Morgan fingerprint density at radius 1 is 0.714 bits per heavy atom. The van der Waals surface area contributed by atoms with Crippen LogP contribution >= 0.6 is 0 Å². The van der Waals surface area contributed by atoms with E-state index in [1.165, 1.54) is 14.1 Å². The molecule has 0 fully saturated rings. The van der Waals surface area contributed by atoms with Gasteiger partial charge in [0.2, 0.25) is 0 Å². The summed E-state index contributed by atoms with van der Waals surface area (Å²) in [5.41, 5.74) is 16.9. The van der Waals surface area contributed by atoms with Crippen LogP contribution in [0.2, 0.25) is 0 Å². The van der Waals surface area contributed by atoms with Gasteiger partial charge in [0.05, 0.1) is 40.2 Å². The second-order valence-electron chi connectivity index (χ2n) is 15.4. The van der Waals surface area contributed by atoms with E-state index in [1.807, 2.05) is 78.5 Å². The zero-order valence-electron chi connectivity index (χ0n) is 35.7. The predicted molar refractivity (Wildman–Crippen MR) is 243 cm³/mol. The standard InChI is InChI=1S/C44H53N11O7S/c1-27(2)54-43-37(23-48-54)41(18-39(50-43)30-10-7-12-34(16-30)60-25-32(56)20-45)47-22-29-9-6-14-36(15-29)62-28(3)55-44-38(24-49-55)42(52-63(58,59)53(4)5)19-40(51-44)31-11-8-13-35(17-31)61-26-33(57)21-46/h6-19,23-24,27-28,32-33,56-57H,20-22,25-26,45-46H2,1-5H3,(H,47,50)(H,51,52). The van der Waals surface area contributed by atoms with Gasteiger partial charge in [-0.05, 0) is 74.9 Å². The van der Waals surface area contributed by atoms with E-state index in [0.29, 0.717) is 51.8 Å². The highest BCUT2D eigenvalue weighted by atomic mass is 32.2. The fourth-order valence-electron chi connectivity index (χ4n) is 6.62. The Kier molecular flexibility index (Phi) is 13.7. The maximum Gasteiger partial charge on any atom is 0.301 e. The van der Waals surface area contributed by atoms with Gasteiger partial charge in [-0.2, -0.15) is 22.9 Å². The molecule has 0 radical (unpaired) electrons. The van der Waals surface area contributed by atoms with E-state index in [-0.39, 0.29) is 38.0 Å². The van der Waals surface area contributed by atoms with Gasteiger partial charge in [-0.3, -0.25) is 4.72 Å². The topological polar surface area (TPSA) is 243 Å². The Morgan fingerprint density at radius 3 is 1.81 bits per heavy atom. The van der Waals surface area contributed by atoms with E-state index in [0.717, 1.165) is 32.2 Å². The van der Waals surface area contributed by atoms with Gasteiger partial charge in [0.25, 0.3) is 0 Å². The number of anilines is 2. The summed E-state index contributed by atoms with van der Waals surface area (Å²) >= 11 is 0. The lowest BCUT2D eigenvalue weighted by atomic mass is 10.1. The van der Waals surface area contributed by atoms with Crippen LogP contribution in [0.1, 0.15) is 38.6 Å². The fourth-order valence-corrected chi connectivity index (χ4v) is 7.25. The summed E-state index contributed by atoms with van der Waals surface area (Å²) in [5, 5.41) is 34.0. The van der Waals surface area contributed by atoms with Gasteiger partial charge in [0.1, 0.15) is 42.7 Å². The SMILES string of the molecule is CC(C)n1ncc2c(NCc3cccc(OC(C)n4ncc5c(NS(=O)(=O)N(C)C)cc(-c6cccc(OCC(O)CN)c6)nc54)c3)cc(-c3cccc(OCC(O)CN)c3)nc21. The summed E-state index contributed by atoms with van der Waals surface area (Å²) in [6, 6.07) is 26.0. The maximum atomic E-state index is 13.1. The summed E-state index contributed by atoms with van der Waals surface area (Å²) < 4.78 is 51.4. The van der Waals surface area contributed by atoms with E-state index in [4.69, 9.17) is 35.6 Å². The van der Waals surface area contributed by atoms with Gasteiger partial charge >= 0.3 is 10.2 Å². The van der Waals surface area contributed by atoms with Gasteiger partial charge in [-0.25, -0.2) is 19.3 Å². The third kappa shape index (κ3) is 10.5. The van der Waals surface area contributed by atoms with E-state index in [1.54, 1.807) is 35.1 Å². The molecule has 0 saturated heterocycles. The number of aliphatic hydroxyl groups excluding tert-OH is 2. The van der Waals surface area contributed by atoms with Gasteiger partial charge in [0, 0.05) is 56.6 Å². The Balaban J connectivity index is 1.15. The number of rotatable bonds is 20. The quantitative estimate of drug-likeness (QED) is 0.0596. The molecule has 63 heavy (non-hydrogen) atoms. The molecule has 0 saturated carbocycles. The van der Waals surface area contributed by atoms with Crippen molar-refractivity contribution in [2.75, 3.05) is 50.4 Å². The van der Waals surface area contributed by atoms with E-state index < -0.39 is 28.6 Å². The number of fused-ring (bicyclic) bond motifs is 2. The first-order chi connectivity index (χ1) is 30.2. The van der Waals surface area contributed by atoms with Crippen LogP contribution in [0, 0.1) is 0 Å². The molecule has 7 rings (SSSR count). The van der Waals surface area contributed by atoms with Gasteiger partial charge in [-0.1, -0.05) is 36.4 Å². The minimum atomic E-state index is -3.91. The molecule has 0 spiro atoms. The average molecular weight is 880 g/mol. The maximum absolute atomic E-state index is 13.1. The van der Waals surface area contributed by atoms with Crippen molar-refractivity contribution in [2.24, 2.45) is 11.5 Å². The van der Waals surface area contributed by atoms with Crippen molar-refractivity contribution in [1.29, 1.82) is 0 Å². The summed E-state index contributed by atoms with van der Waals surface area (Å²) in [6.07, 6.45) is 1.09. The van der Waals surface area contributed by atoms with Crippen LogP contribution in [0.4, 0.5) is 11.4 Å². The molecule has 0 aliphatic rings. The number of aromatic nitrogens is 6. The normalized spacial score (nSPS) is 13.4. The van der Waals surface area contributed by atoms with Gasteiger partial charge in [0.15, 0.2) is 17.5 Å². The molecule has 3 unspecified atom stereocenters. The Hall–Kier alpha value is -6.35. The van der Waals surface area contributed by atoms with E-state index >= 15 is 0 Å². The fraction of sp³-hybridized carbons (Fsp3) is 0.318. The zero-order chi connectivity index (χ0) is 44.8. The number of benzene rings is 3. The molecule has 0 amide bonds. The molecular formula is C44H53N11O7S. The zero-order valence-corrected chi connectivity index (χ0v) is 36.5. The first kappa shape index (κ1) is 44.7. The number of hydrogen-bond acceptors (Lipinski definition) is 14. The summed E-state index contributed by atoms with van der Waals surface area (Å²) in [7, 11) is -1.03. The highest BCUT2D eigenvalue weighted by Gasteiger charge is 2.22. The number of ether oxygens (including phenoxy) is 3. The van der Waals surface area contributed by atoms with Gasteiger partial charge < -0.3 is 41.2 Å². The second kappa shape index (κ2) is 19.4. The summed E-state index contributed by atoms with van der Waals surface area (Å²) in [5.74, 6) is 1.64. The van der Waals surface area contributed by atoms with E-state index in [2.05, 4.69) is 34.1 Å². The van der Waals surface area contributed by atoms with Crippen molar-refractivity contribution in [2.45, 2.75) is 51.8 Å². The average Bonchev–Trinajstić information content (AvgIpc) is 3.92. The molecule has 0 aliphatic heterocycles. The van der Waals surface area contributed by atoms with Crippen molar-refractivity contribution in [3.05, 3.63) is 103 Å². The van der Waals surface area contributed by atoms with Crippen LogP contribution in [-0.4, -0.2) is 105 Å². The first-order valence-corrected chi connectivity index (χ1v) is 21.9. The van der Waals surface area contributed by atoms with Crippen molar-refractivity contribution in [3.63, 3.8) is 0 Å². The van der Waals surface area contributed by atoms with Crippen molar-refractivity contribution in [3.8, 4) is 39.8 Å². The van der Waals surface area contributed by atoms with Crippen LogP contribution < -0.4 is 35.7 Å². The molecule has 8 N–H and O–H groups in total. The number of hydrogen-bond donors (Lipinski definition) is 6.